The summed E-state index contributed by atoms with van der Waals surface area (Å²) >= 11 is 0. The molecule has 102 valence electrons. The van der Waals surface area contributed by atoms with Gasteiger partial charge in [0.1, 0.15) is 12.4 Å². The van der Waals surface area contributed by atoms with Crippen LogP contribution in [0.1, 0.15) is 21.7 Å². The molecule has 0 atom stereocenters. The lowest BCUT2D eigenvalue weighted by atomic mass is 10.2. The minimum Gasteiger partial charge on any atom is -0.486 e. The van der Waals surface area contributed by atoms with Crippen molar-refractivity contribution in [3.8, 4) is 11.8 Å². The second kappa shape index (κ2) is 6.41. The summed E-state index contributed by atoms with van der Waals surface area (Å²) in [5, 5.41) is 8.58. The van der Waals surface area contributed by atoms with Gasteiger partial charge in [-0.25, -0.2) is 5.84 Å². The Labute approximate surface area is 115 Å². The molecule has 2 rings (SSSR count). The Kier molecular flexibility index (Phi) is 4.37. The molecule has 1 aromatic carbocycles. The first-order valence-corrected chi connectivity index (χ1v) is 5.90. The minimum atomic E-state index is -0.429. The molecule has 0 saturated carbocycles. The molecule has 1 amide bonds. The van der Waals surface area contributed by atoms with E-state index in [0.717, 1.165) is 5.56 Å². The average molecular weight is 271 g/mol. The van der Waals surface area contributed by atoms with E-state index in [1.807, 2.05) is 17.6 Å². The van der Waals surface area contributed by atoms with E-state index in [-0.39, 0.29) is 6.61 Å². The van der Waals surface area contributed by atoms with Crippen LogP contribution in [0.15, 0.2) is 41.0 Å². The fourth-order valence-electron chi connectivity index (χ4n) is 1.68. The van der Waals surface area contributed by atoms with Gasteiger partial charge in [0.2, 0.25) is 0 Å². The highest BCUT2D eigenvalue weighted by atomic mass is 16.5. The topological polar surface area (TPSA) is 101 Å². The van der Waals surface area contributed by atoms with E-state index in [0.29, 0.717) is 23.5 Å². The number of rotatable bonds is 5. The zero-order valence-electron chi connectivity index (χ0n) is 10.6. The van der Waals surface area contributed by atoms with Gasteiger partial charge in [-0.1, -0.05) is 12.1 Å². The van der Waals surface area contributed by atoms with Crippen molar-refractivity contribution in [3.63, 3.8) is 0 Å². The number of hydrazine groups is 1. The highest BCUT2D eigenvalue weighted by Gasteiger charge is 2.13. The van der Waals surface area contributed by atoms with Gasteiger partial charge >= 0.3 is 0 Å². The summed E-state index contributed by atoms with van der Waals surface area (Å²) in [5.41, 5.74) is 3.30. The van der Waals surface area contributed by atoms with E-state index < -0.39 is 5.91 Å². The molecule has 2 aromatic rings. The van der Waals surface area contributed by atoms with E-state index in [9.17, 15) is 4.79 Å². The Balaban J connectivity index is 2.00. The van der Waals surface area contributed by atoms with Gasteiger partial charge in [0.25, 0.3) is 5.91 Å². The monoisotopic (exact) mass is 271 g/mol. The maximum Gasteiger partial charge on any atom is 0.268 e. The second-order valence-corrected chi connectivity index (χ2v) is 4.00. The summed E-state index contributed by atoms with van der Waals surface area (Å²) in [4.78, 5) is 11.4. The zero-order valence-corrected chi connectivity index (χ0v) is 10.6. The van der Waals surface area contributed by atoms with Crippen LogP contribution in [0, 0.1) is 11.3 Å². The maximum atomic E-state index is 11.4. The summed E-state index contributed by atoms with van der Waals surface area (Å²) in [6.07, 6.45) is 1.76. The number of carbonyl (C=O) groups excluding carboxylic acids is 1. The first-order valence-electron chi connectivity index (χ1n) is 5.90. The van der Waals surface area contributed by atoms with E-state index in [4.69, 9.17) is 20.3 Å². The molecular formula is C14H13N3O3. The molecule has 0 saturated heterocycles. The van der Waals surface area contributed by atoms with Gasteiger partial charge in [-0.2, -0.15) is 5.26 Å². The number of nitrogens with two attached hydrogens (primary N) is 1. The van der Waals surface area contributed by atoms with Crippen molar-refractivity contribution < 1.29 is 13.9 Å². The Morgan fingerprint density at radius 2 is 2.10 bits per heavy atom. The lowest BCUT2D eigenvalue weighted by Gasteiger charge is -2.06. The number of carbonyl (C=O) groups is 1. The fourth-order valence-corrected chi connectivity index (χ4v) is 1.68. The van der Waals surface area contributed by atoms with Gasteiger partial charge in [0.05, 0.1) is 24.3 Å². The van der Waals surface area contributed by atoms with Crippen molar-refractivity contribution in [1.82, 2.24) is 5.43 Å². The molecule has 0 radical (unpaired) electrons. The number of nitriles is 1. The Hall–Kier alpha value is -2.78. The van der Waals surface area contributed by atoms with Crippen molar-refractivity contribution in [2.75, 3.05) is 0 Å². The maximum absolute atomic E-state index is 11.4. The van der Waals surface area contributed by atoms with Crippen molar-refractivity contribution in [3.05, 3.63) is 53.5 Å². The molecule has 0 spiro atoms. The van der Waals surface area contributed by atoms with Crippen molar-refractivity contribution in [2.45, 2.75) is 13.0 Å². The number of amides is 1. The molecule has 0 aliphatic heterocycles. The Bertz CT molecular complexity index is 626. The lowest BCUT2D eigenvalue weighted by molar-refractivity contribution is 0.0949. The van der Waals surface area contributed by atoms with Crippen LogP contribution in [-0.4, -0.2) is 5.91 Å². The van der Waals surface area contributed by atoms with Crippen LogP contribution in [0.3, 0.4) is 0 Å². The summed E-state index contributed by atoms with van der Waals surface area (Å²) in [5.74, 6) is 5.67. The molecule has 1 aromatic heterocycles. The van der Waals surface area contributed by atoms with Crippen LogP contribution in [0.5, 0.6) is 5.75 Å². The van der Waals surface area contributed by atoms with Crippen molar-refractivity contribution in [2.24, 2.45) is 5.84 Å². The number of nitrogen functional groups attached to an aromatic ring is 1. The first-order chi connectivity index (χ1) is 9.74. The van der Waals surface area contributed by atoms with Gasteiger partial charge in [0, 0.05) is 0 Å². The summed E-state index contributed by atoms with van der Waals surface area (Å²) in [7, 11) is 0. The third-order valence-corrected chi connectivity index (χ3v) is 2.70. The third-order valence-electron chi connectivity index (χ3n) is 2.70. The number of nitrogens with zero attached hydrogens (tertiary/aromatic N) is 1. The van der Waals surface area contributed by atoms with E-state index >= 15 is 0 Å². The van der Waals surface area contributed by atoms with E-state index in [1.165, 1.54) is 12.3 Å². The normalized spacial score (nSPS) is 9.80. The number of ether oxygens (including phenoxy) is 1. The predicted molar refractivity (Wildman–Crippen MR) is 70.5 cm³/mol. The summed E-state index contributed by atoms with van der Waals surface area (Å²) in [6.45, 7) is 0.118. The highest BCUT2D eigenvalue weighted by Crippen LogP contribution is 2.17. The number of hydrogen-bond donors (Lipinski definition) is 2. The average Bonchev–Trinajstić information content (AvgIpc) is 2.94. The molecule has 6 nitrogen and oxygen atoms in total. The molecular weight excluding hydrogens is 258 g/mol. The second-order valence-electron chi connectivity index (χ2n) is 4.00. The molecule has 6 heteroatoms. The van der Waals surface area contributed by atoms with Gasteiger partial charge in [-0.05, 0) is 23.8 Å². The number of hydrogen-bond acceptors (Lipinski definition) is 5. The van der Waals surface area contributed by atoms with Crippen LogP contribution < -0.4 is 16.0 Å². The Morgan fingerprint density at radius 3 is 2.75 bits per heavy atom. The molecule has 1 heterocycles. The zero-order chi connectivity index (χ0) is 14.4. The van der Waals surface area contributed by atoms with Crippen molar-refractivity contribution in [1.29, 1.82) is 5.26 Å². The predicted octanol–water partition coefficient (Wildman–Crippen LogP) is 1.53. The SMILES string of the molecule is N#CCc1ccc(OCc2occc2C(=O)NN)cc1. The Morgan fingerprint density at radius 1 is 1.35 bits per heavy atom. The van der Waals surface area contributed by atoms with Crippen LogP contribution in [0.25, 0.3) is 0 Å². The number of nitrogens with one attached hydrogen (secondary N) is 1. The van der Waals surface area contributed by atoms with Crippen LogP contribution in [0.2, 0.25) is 0 Å². The van der Waals surface area contributed by atoms with Gasteiger partial charge in [0.15, 0.2) is 5.76 Å². The van der Waals surface area contributed by atoms with Crippen LogP contribution in [-0.2, 0) is 13.0 Å². The quantitative estimate of drug-likeness (QED) is 0.488. The van der Waals surface area contributed by atoms with Crippen LogP contribution >= 0.6 is 0 Å². The summed E-state index contributed by atoms with van der Waals surface area (Å²) < 4.78 is 10.7. The fraction of sp³-hybridized carbons (Fsp3) is 0.143. The van der Waals surface area contributed by atoms with Crippen LogP contribution in [0.4, 0.5) is 0 Å². The number of benzene rings is 1. The minimum absolute atomic E-state index is 0.118. The first kappa shape index (κ1) is 13.6. The van der Waals surface area contributed by atoms with Gasteiger partial charge in [-0.15, -0.1) is 0 Å². The number of furan rings is 1. The lowest BCUT2D eigenvalue weighted by Crippen LogP contribution is -2.30. The third kappa shape index (κ3) is 3.16. The van der Waals surface area contributed by atoms with E-state index in [2.05, 4.69) is 6.07 Å². The molecule has 20 heavy (non-hydrogen) atoms. The molecule has 0 fully saturated rings. The van der Waals surface area contributed by atoms with Gasteiger partial charge < -0.3 is 9.15 Å². The smallest absolute Gasteiger partial charge is 0.268 e. The van der Waals surface area contributed by atoms with E-state index in [1.54, 1.807) is 12.1 Å². The van der Waals surface area contributed by atoms with Crippen molar-refractivity contribution >= 4 is 5.91 Å². The highest BCUT2D eigenvalue weighted by molar-refractivity contribution is 5.94. The largest absolute Gasteiger partial charge is 0.486 e. The summed E-state index contributed by atoms with van der Waals surface area (Å²) in [6, 6.07) is 10.7. The van der Waals surface area contributed by atoms with Gasteiger partial charge in [-0.3, -0.25) is 10.2 Å². The molecule has 0 bridgehead atoms. The molecule has 3 N–H and O–H groups in total. The molecule has 0 aliphatic carbocycles. The molecule has 0 aliphatic rings. The standard InChI is InChI=1S/C14H13N3O3/c15-7-5-10-1-3-11(4-2-10)20-9-13-12(6-8-19-13)14(18)17-16/h1-4,6,8H,5,9,16H2,(H,17,18). The molecule has 0 unspecified atom stereocenters.